The molecule has 1 rings (SSSR count). The zero-order valence-electron chi connectivity index (χ0n) is 9.17. The number of hydrogen-bond acceptors (Lipinski definition) is 2. The maximum absolute atomic E-state index is 8.40. The number of rotatable bonds is 2. The van der Waals surface area contributed by atoms with E-state index in [4.69, 9.17) is 10.00 Å². The second kappa shape index (κ2) is 4.84. The monoisotopic (exact) mass is 315 g/mol. The quantitative estimate of drug-likeness (QED) is 0.783. The molecule has 0 saturated carbocycles. The molecule has 1 aromatic carbocycles. The van der Waals surface area contributed by atoms with Crippen LogP contribution in [0.15, 0.2) is 18.2 Å². The minimum atomic E-state index is 0.102. The van der Waals surface area contributed by atoms with Gasteiger partial charge >= 0.3 is 0 Å². The number of hydrogen-bond donors (Lipinski definition) is 0. The molecule has 0 fully saturated rings. The molecule has 0 heterocycles. The van der Waals surface area contributed by atoms with E-state index in [9.17, 15) is 0 Å². The summed E-state index contributed by atoms with van der Waals surface area (Å²) in [4.78, 5) is 0. The van der Waals surface area contributed by atoms with Crippen LogP contribution in [0.2, 0.25) is 0 Å². The third-order valence-corrected chi connectivity index (χ3v) is 2.94. The maximum Gasteiger partial charge on any atom is 0.174 e. The van der Waals surface area contributed by atoms with E-state index in [-0.39, 0.29) is 12.0 Å². The van der Waals surface area contributed by atoms with E-state index in [0.29, 0.717) is 0 Å². The van der Waals surface area contributed by atoms with Gasteiger partial charge in [-0.1, -0.05) is 26.8 Å². The number of halogens is 1. The van der Waals surface area contributed by atoms with Crippen LogP contribution in [-0.4, -0.2) is 6.61 Å². The zero-order chi connectivity index (χ0) is 11.5. The molecule has 0 saturated heterocycles. The maximum atomic E-state index is 8.40. The van der Waals surface area contributed by atoms with Gasteiger partial charge in [-0.25, -0.2) is 0 Å². The highest BCUT2D eigenvalue weighted by atomic mass is 127. The average Bonchev–Trinajstić information content (AvgIpc) is 2.12. The minimum absolute atomic E-state index is 0.102. The first-order chi connectivity index (χ1) is 6.95. The second-order valence-electron chi connectivity index (χ2n) is 4.34. The summed E-state index contributed by atoms with van der Waals surface area (Å²) >= 11 is 2.30. The first-order valence-electron chi connectivity index (χ1n) is 4.75. The summed E-state index contributed by atoms with van der Waals surface area (Å²) < 4.78 is 6.41. The van der Waals surface area contributed by atoms with Gasteiger partial charge in [-0.2, -0.15) is 5.26 Å². The molecule has 0 aliphatic rings. The third-order valence-electron chi connectivity index (χ3n) is 2.05. The summed E-state index contributed by atoms with van der Waals surface area (Å²) in [6.07, 6.45) is 0. The van der Waals surface area contributed by atoms with Gasteiger partial charge in [-0.15, -0.1) is 0 Å². The van der Waals surface area contributed by atoms with Crippen molar-refractivity contribution in [2.75, 3.05) is 6.61 Å². The molecular weight excluding hydrogens is 301 g/mol. The van der Waals surface area contributed by atoms with Crippen molar-refractivity contribution in [3.05, 3.63) is 27.3 Å². The third kappa shape index (κ3) is 3.38. The Morgan fingerprint density at radius 2 is 2.07 bits per heavy atom. The predicted molar refractivity (Wildman–Crippen MR) is 69.0 cm³/mol. The molecule has 0 bridgehead atoms. The molecular formula is C12H14INO. The second-order valence-corrected chi connectivity index (χ2v) is 5.50. The number of benzene rings is 1. The van der Waals surface area contributed by atoms with E-state index >= 15 is 0 Å². The van der Waals surface area contributed by atoms with Crippen molar-refractivity contribution in [3.63, 3.8) is 0 Å². The summed E-state index contributed by atoms with van der Waals surface area (Å²) in [5.41, 5.74) is 1.44. The molecule has 0 unspecified atom stereocenters. The van der Waals surface area contributed by atoms with Gasteiger partial charge in [-0.3, -0.25) is 0 Å². The van der Waals surface area contributed by atoms with Crippen LogP contribution in [-0.2, 0) is 5.41 Å². The van der Waals surface area contributed by atoms with Crippen LogP contribution in [0.3, 0.4) is 0 Å². The van der Waals surface area contributed by atoms with Crippen molar-refractivity contribution in [1.29, 1.82) is 5.26 Å². The molecule has 80 valence electrons. The van der Waals surface area contributed by atoms with Crippen molar-refractivity contribution < 1.29 is 4.74 Å². The fourth-order valence-electron chi connectivity index (χ4n) is 1.31. The Hall–Kier alpha value is -0.760. The van der Waals surface area contributed by atoms with Crippen LogP contribution in [0.25, 0.3) is 0 Å². The van der Waals surface area contributed by atoms with E-state index in [0.717, 1.165) is 5.75 Å². The first kappa shape index (κ1) is 12.3. The van der Waals surface area contributed by atoms with Gasteiger partial charge in [0.1, 0.15) is 11.8 Å². The van der Waals surface area contributed by atoms with Crippen molar-refractivity contribution in [3.8, 4) is 11.8 Å². The van der Waals surface area contributed by atoms with Gasteiger partial charge in [-0.05, 0) is 45.7 Å². The standard InChI is InChI=1S/C12H14INO/c1-12(2,3)10-5-4-9(8-11(10)13)15-7-6-14/h4-5,8H,7H2,1-3H3. The van der Waals surface area contributed by atoms with Crippen LogP contribution in [0.5, 0.6) is 5.75 Å². The summed E-state index contributed by atoms with van der Waals surface area (Å²) in [7, 11) is 0. The predicted octanol–water partition coefficient (Wildman–Crippen LogP) is 3.49. The molecule has 0 aromatic heterocycles. The van der Waals surface area contributed by atoms with Crippen LogP contribution in [0, 0.1) is 14.9 Å². The smallest absolute Gasteiger partial charge is 0.174 e. The van der Waals surface area contributed by atoms with Crippen molar-refractivity contribution in [2.45, 2.75) is 26.2 Å². The molecule has 0 aliphatic carbocycles. The molecule has 0 N–H and O–H groups in total. The highest BCUT2D eigenvalue weighted by Crippen LogP contribution is 2.29. The molecule has 0 spiro atoms. The van der Waals surface area contributed by atoms with Crippen LogP contribution in [0.1, 0.15) is 26.3 Å². The van der Waals surface area contributed by atoms with Crippen molar-refractivity contribution in [1.82, 2.24) is 0 Å². The Kier molecular flexibility index (Phi) is 3.97. The minimum Gasteiger partial charge on any atom is -0.479 e. The van der Waals surface area contributed by atoms with Crippen molar-refractivity contribution >= 4 is 22.6 Å². The highest BCUT2D eigenvalue weighted by molar-refractivity contribution is 14.1. The Bertz CT molecular complexity index is 388. The summed E-state index contributed by atoms with van der Waals surface area (Å²) in [5, 5.41) is 8.40. The van der Waals surface area contributed by atoms with E-state index in [2.05, 4.69) is 49.4 Å². The molecule has 0 aliphatic heterocycles. The fraction of sp³-hybridized carbons (Fsp3) is 0.417. The summed E-state index contributed by atoms with van der Waals surface area (Å²) in [5.74, 6) is 0.758. The Labute approximate surface area is 104 Å². The van der Waals surface area contributed by atoms with Gasteiger partial charge in [0.15, 0.2) is 6.61 Å². The van der Waals surface area contributed by atoms with E-state index in [1.54, 1.807) is 0 Å². The summed E-state index contributed by atoms with van der Waals surface area (Å²) in [6, 6.07) is 7.91. The van der Waals surface area contributed by atoms with E-state index in [1.807, 2.05) is 18.2 Å². The van der Waals surface area contributed by atoms with E-state index in [1.165, 1.54) is 9.13 Å². The van der Waals surface area contributed by atoms with Gasteiger partial charge in [0, 0.05) is 3.57 Å². The Morgan fingerprint density at radius 1 is 1.40 bits per heavy atom. The van der Waals surface area contributed by atoms with Crippen LogP contribution < -0.4 is 4.74 Å². The van der Waals surface area contributed by atoms with Gasteiger partial charge < -0.3 is 4.74 Å². The highest BCUT2D eigenvalue weighted by Gasteiger charge is 2.16. The number of nitriles is 1. The largest absolute Gasteiger partial charge is 0.479 e. The fourth-order valence-corrected chi connectivity index (χ4v) is 2.61. The van der Waals surface area contributed by atoms with Gasteiger partial charge in [0.05, 0.1) is 0 Å². The summed E-state index contributed by atoms with van der Waals surface area (Å²) in [6.45, 7) is 6.64. The lowest BCUT2D eigenvalue weighted by atomic mass is 9.87. The lowest BCUT2D eigenvalue weighted by molar-refractivity contribution is 0.367. The average molecular weight is 315 g/mol. The zero-order valence-corrected chi connectivity index (χ0v) is 11.3. The van der Waals surface area contributed by atoms with Crippen molar-refractivity contribution in [2.24, 2.45) is 0 Å². The normalized spacial score (nSPS) is 10.9. The molecule has 2 nitrogen and oxygen atoms in total. The van der Waals surface area contributed by atoms with Gasteiger partial charge in [0.25, 0.3) is 0 Å². The SMILES string of the molecule is CC(C)(C)c1ccc(OCC#N)cc1I. The number of ether oxygens (including phenoxy) is 1. The lowest BCUT2D eigenvalue weighted by Gasteiger charge is -2.21. The van der Waals surface area contributed by atoms with Crippen LogP contribution in [0.4, 0.5) is 0 Å². The van der Waals surface area contributed by atoms with Crippen LogP contribution >= 0.6 is 22.6 Å². The number of nitrogens with zero attached hydrogens (tertiary/aromatic N) is 1. The molecule has 0 amide bonds. The molecule has 15 heavy (non-hydrogen) atoms. The topological polar surface area (TPSA) is 33.0 Å². The molecule has 0 atom stereocenters. The lowest BCUT2D eigenvalue weighted by Crippen LogP contribution is -2.13. The first-order valence-corrected chi connectivity index (χ1v) is 5.83. The van der Waals surface area contributed by atoms with E-state index < -0.39 is 0 Å². The Balaban J connectivity index is 2.94. The Morgan fingerprint density at radius 3 is 2.53 bits per heavy atom. The van der Waals surface area contributed by atoms with Gasteiger partial charge in [0.2, 0.25) is 0 Å². The molecule has 3 heteroatoms. The molecule has 1 aromatic rings. The molecule has 0 radical (unpaired) electrons.